The van der Waals surface area contributed by atoms with E-state index in [2.05, 4.69) is 41.5 Å². The molecule has 0 bridgehead atoms. The Morgan fingerprint density at radius 2 is 1.62 bits per heavy atom. The number of carboxylic acids is 1. The average Bonchev–Trinajstić information content (AvgIpc) is 2.94. The molecule has 3 aromatic rings. The van der Waals surface area contributed by atoms with Gasteiger partial charge in [-0.1, -0.05) is 45.0 Å². The summed E-state index contributed by atoms with van der Waals surface area (Å²) in [4.78, 5) is 25.4. The second-order valence-electron chi connectivity index (χ2n) is 8.48. The van der Waals surface area contributed by atoms with Crippen LogP contribution < -0.4 is 14.8 Å². The van der Waals surface area contributed by atoms with E-state index in [4.69, 9.17) is 19.3 Å². The number of carbonyl (C=O) groups excluding carboxylic acids is 1. The summed E-state index contributed by atoms with van der Waals surface area (Å²) in [5.41, 5.74) is 3.36. The molecule has 2 unspecified atom stereocenters. The van der Waals surface area contributed by atoms with Gasteiger partial charge in [0.25, 0.3) is 0 Å². The molecule has 0 aliphatic rings. The third-order valence-corrected chi connectivity index (χ3v) is 5.39. The number of carbonyl (C=O) groups is 2. The summed E-state index contributed by atoms with van der Waals surface area (Å²) in [6.45, 7) is 10.6. The van der Waals surface area contributed by atoms with Crippen LogP contribution in [0.1, 0.15) is 66.5 Å². The van der Waals surface area contributed by atoms with Crippen LogP contribution in [0.4, 0.5) is 5.82 Å². The molecule has 2 N–H and O–H groups in total. The number of aromatic carboxylic acids is 1. The lowest BCUT2D eigenvalue weighted by atomic mass is 10.0. The summed E-state index contributed by atoms with van der Waals surface area (Å²) in [5, 5.41) is 11.3. The Bertz CT molecular complexity index is 1130. The van der Waals surface area contributed by atoms with Gasteiger partial charge in [-0.25, -0.2) is 9.78 Å². The van der Waals surface area contributed by atoms with Gasteiger partial charge in [-0.2, -0.15) is 0 Å². The van der Waals surface area contributed by atoms with Crippen molar-refractivity contribution < 1.29 is 28.9 Å². The highest BCUT2D eigenvalue weighted by molar-refractivity contribution is 5.87. The van der Waals surface area contributed by atoms with E-state index in [1.54, 1.807) is 32.4 Å². The fourth-order valence-corrected chi connectivity index (χ4v) is 3.65. The summed E-state index contributed by atoms with van der Waals surface area (Å²) in [6, 6.07) is 16.8. The van der Waals surface area contributed by atoms with Crippen molar-refractivity contribution in [1.82, 2.24) is 4.98 Å². The second kappa shape index (κ2) is 18.4. The number of methoxy groups -OCH3 is 1. The summed E-state index contributed by atoms with van der Waals surface area (Å²) in [6.07, 6.45) is 3.80. The monoisotopic (exact) mass is 538 g/mol. The van der Waals surface area contributed by atoms with Gasteiger partial charge in [0.05, 0.1) is 18.3 Å². The van der Waals surface area contributed by atoms with E-state index in [1.165, 1.54) is 23.4 Å². The number of ether oxygens (including phenoxy) is 3. The number of hydrogen-bond donors (Lipinski definition) is 2. The van der Waals surface area contributed by atoms with Crippen molar-refractivity contribution in [2.24, 2.45) is 0 Å². The SMILES string of the molecule is CC.CCc1ccccc1CC(C)Oc1cc(C=O)cc(OC(C)COC)c1.CNc1ccc(C(=O)O)cn1. The van der Waals surface area contributed by atoms with Gasteiger partial charge in [0, 0.05) is 38.4 Å². The Kier molecular flexibility index (Phi) is 15.6. The molecule has 0 spiro atoms. The average molecular weight is 539 g/mol. The normalized spacial score (nSPS) is 11.5. The topological polar surface area (TPSA) is 107 Å². The maximum Gasteiger partial charge on any atom is 0.337 e. The third-order valence-electron chi connectivity index (χ3n) is 5.39. The molecule has 0 aliphatic heterocycles. The molecule has 0 saturated carbocycles. The van der Waals surface area contributed by atoms with E-state index in [0.29, 0.717) is 29.5 Å². The molecule has 3 rings (SSSR count). The van der Waals surface area contributed by atoms with Crippen molar-refractivity contribution in [2.75, 3.05) is 26.1 Å². The van der Waals surface area contributed by atoms with Crippen LogP contribution >= 0.6 is 0 Å². The molecule has 8 nitrogen and oxygen atoms in total. The van der Waals surface area contributed by atoms with Crippen molar-refractivity contribution >= 4 is 18.1 Å². The number of aromatic nitrogens is 1. The zero-order chi connectivity index (χ0) is 29.2. The molecule has 0 amide bonds. The lowest BCUT2D eigenvalue weighted by molar-refractivity contribution is 0.0696. The Labute approximate surface area is 232 Å². The first-order chi connectivity index (χ1) is 18.8. The highest BCUT2D eigenvalue weighted by atomic mass is 16.5. The van der Waals surface area contributed by atoms with Crippen LogP contribution in [-0.4, -0.2) is 55.3 Å². The smallest absolute Gasteiger partial charge is 0.337 e. The van der Waals surface area contributed by atoms with Gasteiger partial charge in [0.2, 0.25) is 0 Å². The molecule has 0 fully saturated rings. The van der Waals surface area contributed by atoms with Gasteiger partial charge >= 0.3 is 5.97 Å². The number of carboxylic acid groups (broad SMARTS) is 1. The summed E-state index contributed by atoms with van der Waals surface area (Å²) in [5.74, 6) is 0.946. The van der Waals surface area contributed by atoms with Crippen molar-refractivity contribution in [3.8, 4) is 11.5 Å². The lowest BCUT2D eigenvalue weighted by Crippen LogP contribution is -2.19. The van der Waals surface area contributed by atoms with Crippen molar-refractivity contribution in [2.45, 2.75) is 59.7 Å². The molecule has 8 heteroatoms. The minimum absolute atomic E-state index is 0.0196. The first-order valence-corrected chi connectivity index (χ1v) is 13.2. The van der Waals surface area contributed by atoms with Crippen LogP contribution in [0.15, 0.2) is 60.8 Å². The number of anilines is 1. The third kappa shape index (κ3) is 12.0. The van der Waals surface area contributed by atoms with Crippen molar-refractivity contribution in [3.63, 3.8) is 0 Å². The Morgan fingerprint density at radius 3 is 2.10 bits per heavy atom. The molecule has 2 atom stereocenters. The maximum atomic E-state index is 11.2. The van der Waals surface area contributed by atoms with Crippen molar-refractivity contribution in [1.29, 1.82) is 0 Å². The van der Waals surface area contributed by atoms with E-state index < -0.39 is 5.97 Å². The molecule has 0 saturated heterocycles. The van der Waals surface area contributed by atoms with Crippen molar-refractivity contribution in [3.05, 3.63) is 83.0 Å². The molecule has 0 radical (unpaired) electrons. The van der Waals surface area contributed by atoms with Gasteiger partial charge in [-0.05, 0) is 55.7 Å². The number of rotatable bonds is 12. The molecule has 212 valence electrons. The highest BCUT2D eigenvalue weighted by Crippen LogP contribution is 2.25. The minimum atomic E-state index is -0.958. The fourth-order valence-electron chi connectivity index (χ4n) is 3.65. The molecule has 0 aliphatic carbocycles. The zero-order valence-electron chi connectivity index (χ0n) is 24.1. The van der Waals surface area contributed by atoms with Crippen LogP contribution in [0.25, 0.3) is 0 Å². The zero-order valence-corrected chi connectivity index (χ0v) is 24.1. The van der Waals surface area contributed by atoms with E-state index in [-0.39, 0.29) is 17.8 Å². The van der Waals surface area contributed by atoms with Crippen LogP contribution in [0.5, 0.6) is 11.5 Å². The molecular formula is C31H42N2O6. The first-order valence-electron chi connectivity index (χ1n) is 13.2. The summed E-state index contributed by atoms with van der Waals surface area (Å²) in [7, 11) is 3.36. The van der Waals surface area contributed by atoms with Crippen LogP contribution in [0.2, 0.25) is 0 Å². The quantitative estimate of drug-likeness (QED) is 0.258. The first kappa shape index (κ1) is 33.1. The Hall–Kier alpha value is -3.91. The largest absolute Gasteiger partial charge is 0.490 e. The van der Waals surface area contributed by atoms with Crippen LogP contribution in [0, 0.1) is 0 Å². The second-order valence-corrected chi connectivity index (χ2v) is 8.48. The predicted molar refractivity (Wildman–Crippen MR) is 156 cm³/mol. The van der Waals surface area contributed by atoms with E-state index >= 15 is 0 Å². The Morgan fingerprint density at radius 1 is 1.00 bits per heavy atom. The van der Waals surface area contributed by atoms with Crippen LogP contribution in [-0.2, 0) is 17.6 Å². The van der Waals surface area contributed by atoms with E-state index in [0.717, 1.165) is 19.1 Å². The van der Waals surface area contributed by atoms with Gasteiger partial charge in [0.1, 0.15) is 29.7 Å². The van der Waals surface area contributed by atoms with Gasteiger partial charge < -0.3 is 24.6 Å². The summed E-state index contributed by atoms with van der Waals surface area (Å²) >= 11 is 0. The summed E-state index contributed by atoms with van der Waals surface area (Å²) < 4.78 is 17.0. The molecular weight excluding hydrogens is 496 g/mol. The highest BCUT2D eigenvalue weighted by Gasteiger charge is 2.12. The predicted octanol–water partition coefficient (Wildman–Crippen LogP) is 6.33. The fraction of sp³-hybridized carbons (Fsp3) is 0.387. The number of benzene rings is 2. The molecule has 1 aromatic heterocycles. The number of hydrogen-bond acceptors (Lipinski definition) is 7. The van der Waals surface area contributed by atoms with Gasteiger partial charge in [-0.3, -0.25) is 4.79 Å². The van der Waals surface area contributed by atoms with E-state index in [1.807, 2.05) is 33.8 Å². The van der Waals surface area contributed by atoms with E-state index in [9.17, 15) is 9.59 Å². The standard InChI is InChI=1S/C22H28O4.C7H8N2O2.C2H6/c1-5-19-8-6-7-9-20(19)10-16(2)25-21-11-18(14-23)12-22(13-21)26-17(3)15-24-4;1-8-6-3-2-5(4-9-6)7(10)11;1-2/h6-9,11-14,16-17H,5,10,15H2,1-4H3;2-4H,1H3,(H,8,9)(H,10,11);1-2H3. The van der Waals surface area contributed by atoms with Gasteiger partial charge in [-0.15, -0.1) is 0 Å². The number of nitrogens with zero attached hydrogens (tertiary/aromatic N) is 1. The number of pyridine rings is 1. The molecule has 1 heterocycles. The Balaban J connectivity index is 0.000000487. The lowest BCUT2D eigenvalue weighted by Gasteiger charge is -2.19. The number of aryl methyl sites for hydroxylation is 1. The molecule has 2 aromatic carbocycles. The number of nitrogens with one attached hydrogen (secondary N) is 1. The maximum absolute atomic E-state index is 11.2. The van der Waals surface area contributed by atoms with Gasteiger partial charge in [0.15, 0.2) is 0 Å². The van der Waals surface area contributed by atoms with Crippen LogP contribution in [0.3, 0.4) is 0 Å². The minimum Gasteiger partial charge on any atom is -0.490 e. The molecule has 39 heavy (non-hydrogen) atoms. The number of aldehydes is 1.